The van der Waals surface area contributed by atoms with Crippen LogP contribution in [0.2, 0.25) is 5.02 Å². The number of carbonyl (C=O) groups is 1. The Kier molecular flexibility index (Phi) is 7.11. The van der Waals surface area contributed by atoms with Gasteiger partial charge in [-0.3, -0.25) is 9.69 Å². The van der Waals surface area contributed by atoms with Gasteiger partial charge >= 0.3 is 0 Å². The molecular formula is C22H26ClFN2O3. The molecule has 5 nitrogen and oxygen atoms in total. The Morgan fingerprint density at radius 1 is 1.17 bits per heavy atom. The zero-order valence-corrected chi connectivity index (χ0v) is 17.4. The summed E-state index contributed by atoms with van der Waals surface area (Å²) in [6.45, 7) is 5.92. The van der Waals surface area contributed by atoms with Crippen molar-refractivity contribution in [3.63, 3.8) is 0 Å². The van der Waals surface area contributed by atoms with Crippen LogP contribution < -0.4 is 4.74 Å². The van der Waals surface area contributed by atoms with Crippen molar-refractivity contribution in [2.75, 3.05) is 19.7 Å². The third-order valence-electron chi connectivity index (χ3n) is 5.28. The van der Waals surface area contributed by atoms with Gasteiger partial charge in [-0.2, -0.15) is 0 Å². The molecule has 0 aliphatic carbocycles. The van der Waals surface area contributed by atoms with E-state index in [2.05, 4.69) is 11.8 Å². The first kappa shape index (κ1) is 21.6. The van der Waals surface area contributed by atoms with Crippen molar-refractivity contribution in [3.05, 3.63) is 64.4 Å². The SMILES string of the molecule is C[C@@H]1CN(Cc2ccc(F)cc2)[C@@H](C)CN1C(=O)COc1ccc(Cl)c(CO)c1. The van der Waals surface area contributed by atoms with Gasteiger partial charge in [0.2, 0.25) is 0 Å². The molecule has 1 aliphatic rings. The molecule has 0 spiro atoms. The lowest BCUT2D eigenvalue weighted by Crippen LogP contribution is -2.58. The lowest BCUT2D eigenvalue weighted by molar-refractivity contribution is -0.139. The van der Waals surface area contributed by atoms with Gasteiger partial charge in [0, 0.05) is 36.7 Å². The van der Waals surface area contributed by atoms with Crippen molar-refractivity contribution < 1.29 is 19.0 Å². The Labute approximate surface area is 175 Å². The first-order chi connectivity index (χ1) is 13.9. The molecule has 1 heterocycles. The average Bonchev–Trinajstić information content (AvgIpc) is 2.71. The van der Waals surface area contributed by atoms with E-state index in [1.165, 1.54) is 12.1 Å². The largest absolute Gasteiger partial charge is 0.484 e. The number of hydrogen-bond donors (Lipinski definition) is 1. The van der Waals surface area contributed by atoms with Crippen LogP contribution in [0.4, 0.5) is 4.39 Å². The number of aliphatic hydroxyl groups is 1. The van der Waals surface area contributed by atoms with Gasteiger partial charge in [-0.1, -0.05) is 23.7 Å². The smallest absolute Gasteiger partial charge is 0.260 e. The van der Waals surface area contributed by atoms with Crippen LogP contribution in [-0.4, -0.2) is 52.6 Å². The molecule has 0 unspecified atom stereocenters. The molecule has 3 rings (SSSR count). The standard InChI is InChI=1S/C22H26ClFN2O3/c1-15-11-26(16(2)10-25(15)12-17-3-5-19(24)6-4-17)22(28)14-29-20-7-8-21(23)18(9-20)13-27/h3-9,15-16,27H,10-14H2,1-2H3/t15-,16+/m0/s1. The van der Waals surface area contributed by atoms with Gasteiger partial charge in [0.05, 0.1) is 6.61 Å². The van der Waals surface area contributed by atoms with Gasteiger partial charge in [-0.15, -0.1) is 0 Å². The van der Waals surface area contributed by atoms with Crippen molar-refractivity contribution in [3.8, 4) is 5.75 Å². The van der Waals surface area contributed by atoms with Crippen molar-refractivity contribution in [2.45, 2.75) is 39.1 Å². The number of piperazine rings is 1. The number of rotatable bonds is 6. The van der Waals surface area contributed by atoms with Gasteiger partial charge in [0.15, 0.2) is 6.61 Å². The summed E-state index contributed by atoms with van der Waals surface area (Å²) in [7, 11) is 0. The van der Waals surface area contributed by atoms with Crippen LogP contribution in [0.15, 0.2) is 42.5 Å². The van der Waals surface area contributed by atoms with Gasteiger partial charge < -0.3 is 14.7 Å². The summed E-state index contributed by atoms with van der Waals surface area (Å²) in [5.41, 5.74) is 1.61. The Balaban J connectivity index is 1.56. The number of halogens is 2. The Morgan fingerprint density at radius 2 is 1.90 bits per heavy atom. The minimum Gasteiger partial charge on any atom is -0.484 e. The van der Waals surface area contributed by atoms with E-state index in [0.29, 0.717) is 22.9 Å². The molecule has 0 aromatic heterocycles. The second-order valence-corrected chi connectivity index (χ2v) is 7.91. The van der Waals surface area contributed by atoms with Crippen molar-refractivity contribution >= 4 is 17.5 Å². The highest BCUT2D eigenvalue weighted by molar-refractivity contribution is 6.31. The molecule has 1 aliphatic heterocycles. The molecule has 29 heavy (non-hydrogen) atoms. The van der Waals surface area contributed by atoms with E-state index in [-0.39, 0.29) is 37.0 Å². The number of aliphatic hydroxyl groups excluding tert-OH is 1. The van der Waals surface area contributed by atoms with Crippen molar-refractivity contribution in [1.82, 2.24) is 9.80 Å². The van der Waals surface area contributed by atoms with Crippen LogP contribution in [0.25, 0.3) is 0 Å². The molecule has 1 saturated heterocycles. The van der Waals surface area contributed by atoms with E-state index in [1.807, 2.05) is 11.8 Å². The number of amides is 1. The van der Waals surface area contributed by atoms with E-state index in [1.54, 1.807) is 30.3 Å². The Bertz CT molecular complexity index is 846. The normalized spacial score (nSPS) is 20.0. The predicted octanol–water partition coefficient (Wildman–Crippen LogP) is 3.47. The molecule has 0 saturated carbocycles. The maximum absolute atomic E-state index is 13.1. The summed E-state index contributed by atoms with van der Waals surface area (Å²) in [5, 5.41) is 9.76. The first-order valence-electron chi connectivity index (χ1n) is 9.67. The van der Waals surface area contributed by atoms with Crippen LogP contribution in [0.3, 0.4) is 0 Å². The summed E-state index contributed by atoms with van der Waals surface area (Å²) in [6.07, 6.45) is 0. The average molecular weight is 421 g/mol. The highest BCUT2D eigenvalue weighted by atomic mass is 35.5. The van der Waals surface area contributed by atoms with Gasteiger partial charge in [0.1, 0.15) is 11.6 Å². The number of benzene rings is 2. The second kappa shape index (κ2) is 9.57. The van der Waals surface area contributed by atoms with Crippen molar-refractivity contribution in [1.29, 1.82) is 0 Å². The molecule has 0 bridgehead atoms. The molecule has 2 atom stereocenters. The quantitative estimate of drug-likeness (QED) is 0.777. The van der Waals surface area contributed by atoms with Gasteiger partial charge in [-0.05, 0) is 55.3 Å². The number of carbonyl (C=O) groups excluding carboxylic acids is 1. The summed E-state index contributed by atoms with van der Waals surface area (Å²) < 4.78 is 18.7. The third kappa shape index (κ3) is 5.47. The Hall–Kier alpha value is -2.15. The van der Waals surface area contributed by atoms with Crippen molar-refractivity contribution in [2.24, 2.45) is 0 Å². The lowest BCUT2D eigenvalue weighted by Gasteiger charge is -2.44. The molecule has 7 heteroatoms. The zero-order valence-electron chi connectivity index (χ0n) is 16.6. The molecule has 0 radical (unpaired) electrons. The third-order valence-corrected chi connectivity index (χ3v) is 5.65. The fourth-order valence-electron chi connectivity index (χ4n) is 3.58. The first-order valence-corrected chi connectivity index (χ1v) is 10.0. The van der Waals surface area contributed by atoms with Gasteiger partial charge in [-0.25, -0.2) is 4.39 Å². The molecule has 2 aromatic rings. The maximum atomic E-state index is 13.1. The molecular weight excluding hydrogens is 395 g/mol. The van der Waals surface area contributed by atoms with Crippen LogP contribution in [0.1, 0.15) is 25.0 Å². The topological polar surface area (TPSA) is 53.0 Å². The molecule has 2 aromatic carbocycles. The molecule has 1 amide bonds. The number of hydrogen-bond acceptors (Lipinski definition) is 4. The van der Waals surface area contributed by atoms with Gasteiger partial charge in [0.25, 0.3) is 5.91 Å². The lowest BCUT2D eigenvalue weighted by atomic mass is 10.1. The highest BCUT2D eigenvalue weighted by Crippen LogP contribution is 2.23. The van der Waals surface area contributed by atoms with Crippen LogP contribution in [0, 0.1) is 5.82 Å². The summed E-state index contributed by atoms with van der Waals surface area (Å²) in [4.78, 5) is 16.9. The minimum atomic E-state index is -0.239. The number of nitrogens with zero attached hydrogens (tertiary/aromatic N) is 2. The van der Waals surface area contributed by atoms with E-state index >= 15 is 0 Å². The minimum absolute atomic E-state index is 0.0426. The fourth-order valence-corrected chi connectivity index (χ4v) is 3.76. The zero-order chi connectivity index (χ0) is 21.0. The van der Waals surface area contributed by atoms with E-state index in [9.17, 15) is 14.3 Å². The Morgan fingerprint density at radius 3 is 2.59 bits per heavy atom. The summed E-state index contributed by atoms with van der Waals surface area (Å²) >= 11 is 5.98. The monoisotopic (exact) mass is 420 g/mol. The van der Waals surface area contributed by atoms with E-state index in [4.69, 9.17) is 16.3 Å². The summed E-state index contributed by atoms with van der Waals surface area (Å²) in [6, 6.07) is 11.7. The summed E-state index contributed by atoms with van der Waals surface area (Å²) in [5.74, 6) is 0.186. The van der Waals surface area contributed by atoms with Crippen LogP contribution in [0.5, 0.6) is 5.75 Å². The molecule has 156 valence electrons. The van der Waals surface area contributed by atoms with E-state index in [0.717, 1.165) is 18.7 Å². The van der Waals surface area contributed by atoms with Crippen LogP contribution >= 0.6 is 11.6 Å². The highest BCUT2D eigenvalue weighted by Gasteiger charge is 2.32. The molecule has 1 N–H and O–H groups in total. The molecule has 1 fully saturated rings. The predicted molar refractivity (Wildman–Crippen MR) is 110 cm³/mol. The number of ether oxygens (including phenoxy) is 1. The van der Waals surface area contributed by atoms with Crippen LogP contribution in [-0.2, 0) is 17.9 Å². The maximum Gasteiger partial charge on any atom is 0.260 e. The van der Waals surface area contributed by atoms with E-state index < -0.39 is 0 Å². The second-order valence-electron chi connectivity index (χ2n) is 7.50. The fraction of sp³-hybridized carbons (Fsp3) is 0.409.